The summed E-state index contributed by atoms with van der Waals surface area (Å²) in [6, 6.07) is 5.25. The predicted molar refractivity (Wildman–Crippen MR) is 78.2 cm³/mol. The van der Waals surface area contributed by atoms with Crippen molar-refractivity contribution in [3.05, 3.63) is 28.2 Å². The summed E-state index contributed by atoms with van der Waals surface area (Å²) in [5.74, 6) is 0. The van der Waals surface area contributed by atoms with Crippen molar-refractivity contribution in [2.75, 3.05) is 6.54 Å². The van der Waals surface area contributed by atoms with Crippen molar-refractivity contribution in [3.8, 4) is 0 Å². The van der Waals surface area contributed by atoms with Gasteiger partial charge in [-0.3, -0.25) is 0 Å². The summed E-state index contributed by atoms with van der Waals surface area (Å²) >= 11 is 3.30. The number of halogens is 1. The third kappa shape index (κ3) is 4.71. The summed E-state index contributed by atoms with van der Waals surface area (Å²) in [5.41, 5.74) is 1.03. The molecule has 0 spiro atoms. The molecule has 18 heavy (non-hydrogen) atoms. The molecule has 0 saturated carbocycles. The van der Waals surface area contributed by atoms with Crippen LogP contribution in [0.3, 0.4) is 0 Å². The molecule has 0 radical (unpaired) electrons. The van der Waals surface area contributed by atoms with Gasteiger partial charge < -0.3 is 0 Å². The molecular formula is C13H20BrNO2S. The van der Waals surface area contributed by atoms with E-state index in [1.807, 2.05) is 13.0 Å². The maximum absolute atomic E-state index is 12.1. The highest BCUT2D eigenvalue weighted by atomic mass is 79.9. The summed E-state index contributed by atoms with van der Waals surface area (Å²) in [7, 11) is -3.39. The second kappa shape index (κ2) is 7.26. The summed E-state index contributed by atoms with van der Waals surface area (Å²) in [5, 5.41) is 0. The quantitative estimate of drug-likeness (QED) is 0.774. The van der Waals surface area contributed by atoms with Gasteiger partial charge in [0.2, 0.25) is 10.0 Å². The third-order valence-electron chi connectivity index (χ3n) is 2.70. The van der Waals surface area contributed by atoms with E-state index in [4.69, 9.17) is 0 Å². The van der Waals surface area contributed by atoms with Crippen molar-refractivity contribution in [1.82, 2.24) is 4.72 Å². The topological polar surface area (TPSA) is 46.2 Å². The SMILES string of the molecule is CCCCCCNS(=O)(=O)c1ccc(C)cc1Br. The number of sulfonamides is 1. The van der Waals surface area contributed by atoms with Gasteiger partial charge in [-0.25, -0.2) is 13.1 Å². The molecular weight excluding hydrogens is 314 g/mol. The molecule has 0 fully saturated rings. The largest absolute Gasteiger partial charge is 0.241 e. The molecule has 0 aromatic heterocycles. The number of nitrogens with one attached hydrogen (secondary N) is 1. The Bertz CT molecular complexity index is 486. The van der Waals surface area contributed by atoms with Crippen LogP contribution in [0.2, 0.25) is 0 Å². The molecule has 1 aromatic carbocycles. The number of benzene rings is 1. The minimum Gasteiger partial charge on any atom is -0.211 e. The Hall–Kier alpha value is -0.390. The van der Waals surface area contributed by atoms with Crippen LogP contribution in [-0.4, -0.2) is 15.0 Å². The van der Waals surface area contributed by atoms with Crippen LogP contribution in [0.5, 0.6) is 0 Å². The molecule has 0 aliphatic carbocycles. The Morgan fingerprint density at radius 3 is 2.56 bits per heavy atom. The van der Waals surface area contributed by atoms with Crippen LogP contribution in [0.15, 0.2) is 27.6 Å². The highest BCUT2D eigenvalue weighted by Gasteiger charge is 2.16. The average molecular weight is 334 g/mol. The van der Waals surface area contributed by atoms with Gasteiger partial charge in [-0.05, 0) is 47.0 Å². The summed E-state index contributed by atoms with van der Waals surface area (Å²) < 4.78 is 27.4. The van der Waals surface area contributed by atoms with E-state index in [1.165, 1.54) is 0 Å². The highest BCUT2D eigenvalue weighted by Crippen LogP contribution is 2.22. The fourth-order valence-electron chi connectivity index (χ4n) is 1.66. The second-order valence-corrected chi connectivity index (χ2v) is 6.98. The smallest absolute Gasteiger partial charge is 0.211 e. The molecule has 1 N–H and O–H groups in total. The van der Waals surface area contributed by atoms with E-state index in [9.17, 15) is 8.42 Å². The molecule has 0 aliphatic rings. The van der Waals surface area contributed by atoms with E-state index in [1.54, 1.807) is 12.1 Å². The van der Waals surface area contributed by atoms with Gasteiger partial charge in [0.05, 0.1) is 4.90 Å². The highest BCUT2D eigenvalue weighted by molar-refractivity contribution is 9.10. The first-order valence-electron chi connectivity index (χ1n) is 6.23. The molecule has 0 saturated heterocycles. The maximum Gasteiger partial charge on any atom is 0.241 e. The zero-order valence-electron chi connectivity index (χ0n) is 10.9. The zero-order chi connectivity index (χ0) is 13.6. The van der Waals surface area contributed by atoms with E-state index in [0.29, 0.717) is 15.9 Å². The zero-order valence-corrected chi connectivity index (χ0v) is 13.3. The van der Waals surface area contributed by atoms with Gasteiger partial charge >= 0.3 is 0 Å². The molecule has 0 amide bonds. The number of unbranched alkanes of at least 4 members (excludes halogenated alkanes) is 3. The first-order valence-corrected chi connectivity index (χ1v) is 8.51. The van der Waals surface area contributed by atoms with Crippen LogP contribution in [-0.2, 0) is 10.0 Å². The van der Waals surface area contributed by atoms with Gasteiger partial charge in [0, 0.05) is 11.0 Å². The number of hydrogen-bond donors (Lipinski definition) is 1. The van der Waals surface area contributed by atoms with Crippen LogP contribution in [0.1, 0.15) is 38.2 Å². The molecule has 0 aliphatic heterocycles. The van der Waals surface area contributed by atoms with E-state index in [0.717, 1.165) is 31.2 Å². The molecule has 1 aromatic rings. The average Bonchev–Trinajstić information content (AvgIpc) is 2.28. The van der Waals surface area contributed by atoms with E-state index in [-0.39, 0.29) is 0 Å². The van der Waals surface area contributed by atoms with Gasteiger partial charge in [-0.15, -0.1) is 0 Å². The van der Waals surface area contributed by atoms with E-state index < -0.39 is 10.0 Å². The summed E-state index contributed by atoms with van der Waals surface area (Å²) in [6.07, 6.45) is 4.25. The minimum absolute atomic E-state index is 0.309. The Labute approximate surface area is 118 Å². The number of hydrogen-bond acceptors (Lipinski definition) is 2. The summed E-state index contributed by atoms with van der Waals surface area (Å²) in [4.78, 5) is 0.309. The molecule has 5 heteroatoms. The van der Waals surface area contributed by atoms with Crippen molar-refractivity contribution >= 4 is 26.0 Å². The maximum atomic E-state index is 12.1. The Morgan fingerprint density at radius 2 is 1.94 bits per heavy atom. The normalized spacial score (nSPS) is 11.7. The Balaban J connectivity index is 2.63. The lowest BCUT2D eigenvalue weighted by atomic mass is 10.2. The van der Waals surface area contributed by atoms with Crippen molar-refractivity contribution in [2.24, 2.45) is 0 Å². The lowest BCUT2D eigenvalue weighted by Gasteiger charge is -2.08. The number of rotatable bonds is 7. The number of aryl methyl sites for hydroxylation is 1. The second-order valence-electron chi connectivity index (χ2n) is 4.39. The van der Waals surface area contributed by atoms with Crippen molar-refractivity contribution in [2.45, 2.75) is 44.4 Å². The van der Waals surface area contributed by atoms with Crippen molar-refractivity contribution in [3.63, 3.8) is 0 Å². The Kier molecular flexibility index (Phi) is 6.32. The van der Waals surface area contributed by atoms with Crippen LogP contribution in [0.25, 0.3) is 0 Å². The van der Waals surface area contributed by atoms with Gasteiger partial charge in [0.15, 0.2) is 0 Å². The van der Waals surface area contributed by atoms with E-state index in [2.05, 4.69) is 27.6 Å². The standard InChI is InChI=1S/C13H20BrNO2S/c1-3-4-5-6-9-15-18(16,17)13-8-7-11(2)10-12(13)14/h7-8,10,15H,3-6,9H2,1-2H3. The van der Waals surface area contributed by atoms with Crippen molar-refractivity contribution < 1.29 is 8.42 Å². The van der Waals surface area contributed by atoms with Crippen molar-refractivity contribution in [1.29, 1.82) is 0 Å². The Morgan fingerprint density at radius 1 is 1.22 bits per heavy atom. The molecule has 1 rings (SSSR count). The van der Waals surface area contributed by atoms with Crippen LogP contribution >= 0.6 is 15.9 Å². The fraction of sp³-hybridized carbons (Fsp3) is 0.538. The predicted octanol–water partition coefficient (Wildman–Crippen LogP) is 3.62. The fourth-order valence-corrected chi connectivity index (χ4v) is 3.92. The van der Waals surface area contributed by atoms with Gasteiger partial charge in [-0.1, -0.05) is 32.3 Å². The van der Waals surface area contributed by atoms with Gasteiger partial charge in [-0.2, -0.15) is 0 Å². The molecule has 0 unspecified atom stereocenters. The van der Waals surface area contributed by atoms with Gasteiger partial charge in [0.1, 0.15) is 0 Å². The molecule has 0 atom stereocenters. The first-order chi connectivity index (χ1) is 8.47. The lowest BCUT2D eigenvalue weighted by molar-refractivity contribution is 0.573. The molecule has 0 heterocycles. The van der Waals surface area contributed by atoms with Gasteiger partial charge in [0.25, 0.3) is 0 Å². The van der Waals surface area contributed by atoms with Crippen LogP contribution < -0.4 is 4.72 Å². The first kappa shape index (κ1) is 15.7. The third-order valence-corrected chi connectivity index (χ3v) is 5.14. The lowest BCUT2D eigenvalue weighted by Crippen LogP contribution is -2.25. The minimum atomic E-state index is -3.39. The monoisotopic (exact) mass is 333 g/mol. The van der Waals surface area contributed by atoms with Crippen LogP contribution in [0.4, 0.5) is 0 Å². The summed E-state index contributed by atoms with van der Waals surface area (Å²) in [6.45, 7) is 4.57. The molecule has 0 bridgehead atoms. The molecule has 102 valence electrons. The molecule has 3 nitrogen and oxygen atoms in total. The van der Waals surface area contributed by atoms with E-state index >= 15 is 0 Å². The van der Waals surface area contributed by atoms with Crippen LogP contribution in [0, 0.1) is 6.92 Å².